The molecule has 1 heterocycles. The molecule has 0 radical (unpaired) electrons. The lowest BCUT2D eigenvalue weighted by Crippen LogP contribution is -2.43. The minimum absolute atomic E-state index is 0.307. The monoisotopic (exact) mass is 309 g/mol. The second-order valence-corrected chi connectivity index (χ2v) is 5.29. The van der Waals surface area contributed by atoms with Crippen LogP contribution in [0.25, 0.3) is 0 Å². The SMILES string of the molecule is CCNC(=O)CN1C(=O)NC(C)(c2ccccc2Cl)C1=O. The number of hydrogen-bond donors (Lipinski definition) is 2. The van der Waals surface area contributed by atoms with Crippen molar-refractivity contribution in [2.24, 2.45) is 0 Å². The third-order valence-electron chi connectivity index (χ3n) is 3.36. The van der Waals surface area contributed by atoms with Crippen LogP contribution in [0, 0.1) is 0 Å². The highest BCUT2D eigenvalue weighted by atomic mass is 35.5. The number of rotatable bonds is 4. The molecule has 2 rings (SSSR count). The predicted octanol–water partition coefficient (Wildman–Crippen LogP) is 1.24. The van der Waals surface area contributed by atoms with Crippen molar-refractivity contribution in [2.45, 2.75) is 19.4 Å². The largest absolute Gasteiger partial charge is 0.355 e. The fraction of sp³-hybridized carbons (Fsp3) is 0.357. The van der Waals surface area contributed by atoms with E-state index in [0.717, 1.165) is 4.90 Å². The van der Waals surface area contributed by atoms with E-state index in [9.17, 15) is 14.4 Å². The molecule has 1 fully saturated rings. The molecule has 0 saturated carbocycles. The maximum atomic E-state index is 12.5. The van der Waals surface area contributed by atoms with E-state index in [1.807, 2.05) is 0 Å². The van der Waals surface area contributed by atoms with Crippen LogP contribution < -0.4 is 10.6 Å². The number of likely N-dealkylation sites (N-methyl/N-ethyl adjacent to an activating group) is 1. The molecule has 2 N–H and O–H groups in total. The van der Waals surface area contributed by atoms with E-state index < -0.39 is 17.5 Å². The summed E-state index contributed by atoms with van der Waals surface area (Å²) in [6, 6.07) is 6.19. The van der Waals surface area contributed by atoms with E-state index in [4.69, 9.17) is 11.6 Å². The van der Waals surface area contributed by atoms with Crippen molar-refractivity contribution in [3.8, 4) is 0 Å². The molecule has 21 heavy (non-hydrogen) atoms. The normalized spacial score (nSPS) is 21.4. The second kappa shape index (κ2) is 5.73. The van der Waals surface area contributed by atoms with Crippen molar-refractivity contribution in [2.75, 3.05) is 13.1 Å². The van der Waals surface area contributed by atoms with E-state index in [1.165, 1.54) is 0 Å². The zero-order chi connectivity index (χ0) is 15.6. The van der Waals surface area contributed by atoms with E-state index in [2.05, 4.69) is 10.6 Å². The number of hydrogen-bond acceptors (Lipinski definition) is 3. The lowest BCUT2D eigenvalue weighted by molar-refractivity contribution is -0.134. The third kappa shape index (κ3) is 2.71. The summed E-state index contributed by atoms with van der Waals surface area (Å²) in [7, 11) is 0. The van der Waals surface area contributed by atoms with Gasteiger partial charge in [0.15, 0.2) is 0 Å². The summed E-state index contributed by atoms with van der Waals surface area (Å²) in [5.41, 5.74) is -0.759. The van der Waals surface area contributed by atoms with Gasteiger partial charge in [0, 0.05) is 17.1 Å². The minimum Gasteiger partial charge on any atom is -0.355 e. The maximum Gasteiger partial charge on any atom is 0.325 e. The highest BCUT2D eigenvalue weighted by Crippen LogP contribution is 2.33. The van der Waals surface area contributed by atoms with Gasteiger partial charge in [-0.1, -0.05) is 29.8 Å². The van der Waals surface area contributed by atoms with Crippen molar-refractivity contribution in [3.05, 3.63) is 34.9 Å². The van der Waals surface area contributed by atoms with Gasteiger partial charge >= 0.3 is 6.03 Å². The summed E-state index contributed by atoms with van der Waals surface area (Å²) >= 11 is 6.11. The molecule has 1 atom stereocenters. The Labute approximate surface area is 127 Å². The number of carbonyl (C=O) groups excluding carboxylic acids is 3. The molecular formula is C14H16ClN3O3. The number of nitrogens with zero attached hydrogens (tertiary/aromatic N) is 1. The Morgan fingerprint density at radius 2 is 2.05 bits per heavy atom. The van der Waals surface area contributed by atoms with Gasteiger partial charge in [0.25, 0.3) is 5.91 Å². The Hall–Kier alpha value is -2.08. The Morgan fingerprint density at radius 1 is 1.38 bits per heavy atom. The van der Waals surface area contributed by atoms with Crippen molar-refractivity contribution in [3.63, 3.8) is 0 Å². The number of urea groups is 1. The van der Waals surface area contributed by atoms with Gasteiger partial charge in [-0.05, 0) is 19.9 Å². The molecule has 112 valence electrons. The highest BCUT2D eigenvalue weighted by Gasteiger charge is 2.50. The molecule has 6 nitrogen and oxygen atoms in total. The second-order valence-electron chi connectivity index (χ2n) is 4.88. The molecule has 4 amide bonds. The minimum atomic E-state index is -1.26. The molecule has 1 unspecified atom stereocenters. The first-order chi connectivity index (χ1) is 9.90. The molecule has 0 aromatic heterocycles. The van der Waals surface area contributed by atoms with Crippen LogP contribution in [0.2, 0.25) is 5.02 Å². The van der Waals surface area contributed by atoms with E-state index in [1.54, 1.807) is 38.1 Å². The molecule has 1 aromatic carbocycles. The number of benzene rings is 1. The number of carbonyl (C=O) groups is 3. The van der Waals surface area contributed by atoms with Crippen molar-refractivity contribution in [1.29, 1.82) is 0 Å². The number of nitrogens with one attached hydrogen (secondary N) is 2. The molecule has 1 saturated heterocycles. The van der Waals surface area contributed by atoms with Gasteiger partial charge in [-0.25, -0.2) is 4.79 Å². The number of imide groups is 1. The predicted molar refractivity (Wildman–Crippen MR) is 77.7 cm³/mol. The van der Waals surface area contributed by atoms with Crippen molar-refractivity contribution < 1.29 is 14.4 Å². The Morgan fingerprint density at radius 3 is 2.67 bits per heavy atom. The zero-order valence-corrected chi connectivity index (χ0v) is 12.5. The Kier molecular flexibility index (Phi) is 4.18. The average molecular weight is 310 g/mol. The van der Waals surface area contributed by atoms with Gasteiger partial charge < -0.3 is 10.6 Å². The van der Waals surface area contributed by atoms with Gasteiger partial charge in [0.1, 0.15) is 12.1 Å². The summed E-state index contributed by atoms with van der Waals surface area (Å²) in [5.74, 6) is -0.878. The fourth-order valence-corrected chi connectivity index (χ4v) is 2.61. The van der Waals surface area contributed by atoms with Gasteiger partial charge in [-0.2, -0.15) is 0 Å². The molecule has 0 aliphatic carbocycles. The van der Waals surface area contributed by atoms with Crippen LogP contribution >= 0.6 is 11.6 Å². The molecule has 1 aliphatic heterocycles. The van der Waals surface area contributed by atoms with Crippen LogP contribution in [0.15, 0.2) is 24.3 Å². The topological polar surface area (TPSA) is 78.5 Å². The quantitative estimate of drug-likeness (QED) is 0.821. The summed E-state index contributed by atoms with van der Waals surface area (Å²) in [5, 5.41) is 5.54. The van der Waals surface area contributed by atoms with Crippen LogP contribution in [-0.2, 0) is 15.1 Å². The van der Waals surface area contributed by atoms with Crippen LogP contribution in [-0.4, -0.2) is 35.8 Å². The first-order valence-corrected chi connectivity index (χ1v) is 6.93. The van der Waals surface area contributed by atoms with E-state index in [-0.39, 0.29) is 12.5 Å². The maximum absolute atomic E-state index is 12.5. The summed E-state index contributed by atoms with van der Waals surface area (Å²) in [6.07, 6.45) is 0. The smallest absolute Gasteiger partial charge is 0.325 e. The van der Waals surface area contributed by atoms with Crippen LogP contribution in [0.1, 0.15) is 19.4 Å². The van der Waals surface area contributed by atoms with E-state index in [0.29, 0.717) is 17.1 Å². The van der Waals surface area contributed by atoms with Gasteiger partial charge in [0.2, 0.25) is 5.91 Å². The standard InChI is InChI=1S/C14H16ClN3O3/c1-3-16-11(19)8-18-12(20)14(2,17-13(18)21)9-6-4-5-7-10(9)15/h4-7H,3,8H2,1-2H3,(H,16,19)(H,17,21). The van der Waals surface area contributed by atoms with Gasteiger partial charge in [-0.15, -0.1) is 0 Å². The van der Waals surface area contributed by atoms with Crippen LogP contribution in [0.4, 0.5) is 4.79 Å². The molecular weight excluding hydrogens is 294 g/mol. The fourth-order valence-electron chi connectivity index (χ4n) is 2.29. The van der Waals surface area contributed by atoms with Crippen molar-refractivity contribution in [1.82, 2.24) is 15.5 Å². The highest BCUT2D eigenvalue weighted by molar-refractivity contribution is 6.32. The molecule has 7 heteroatoms. The molecule has 1 aliphatic rings. The van der Waals surface area contributed by atoms with Crippen LogP contribution in [0.3, 0.4) is 0 Å². The van der Waals surface area contributed by atoms with E-state index >= 15 is 0 Å². The Bertz CT molecular complexity index is 605. The van der Waals surface area contributed by atoms with Crippen LogP contribution in [0.5, 0.6) is 0 Å². The van der Waals surface area contributed by atoms with Gasteiger partial charge in [0.05, 0.1) is 0 Å². The lowest BCUT2D eigenvalue weighted by atomic mass is 9.92. The zero-order valence-electron chi connectivity index (χ0n) is 11.8. The average Bonchev–Trinajstić information content (AvgIpc) is 2.64. The number of halogens is 1. The third-order valence-corrected chi connectivity index (χ3v) is 3.69. The lowest BCUT2D eigenvalue weighted by Gasteiger charge is -2.23. The first-order valence-electron chi connectivity index (χ1n) is 6.56. The summed E-state index contributed by atoms with van der Waals surface area (Å²) < 4.78 is 0. The first kappa shape index (κ1) is 15.3. The summed E-state index contributed by atoms with van der Waals surface area (Å²) in [4.78, 5) is 37.0. The Balaban J connectivity index is 2.29. The summed E-state index contributed by atoms with van der Waals surface area (Å²) in [6.45, 7) is 3.46. The molecule has 1 aromatic rings. The van der Waals surface area contributed by atoms with Gasteiger partial charge in [-0.3, -0.25) is 14.5 Å². The molecule has 0 bridgehead atoms. The van der Waals surface area contributed by atoms with Crippen molar-refractivity contribution >= 4 is 29.4 Å². The molecule has 0 spiro atoms. The number of amides is 4.